The number of nitrogen functional groups attached to an aromatic ring is 1. The molecule has 0 radical (unpaired) electrons. The molecule has 1 aliphatic heterocycles. The molecule has 1 aromatic carbocycles. The van der Waals surface area contributed by atoms with Crippen molar-refractivity contribution >= 4 is 28.9 Å². The molecule has 4 rings (SSSR count). The summed E-state index contributed by atoms with van der Waals surface area (Å²) < 4.78 is 25.8. The van der Waals surface area contributed by atoms with Gasteiger partial charge in [-0.25, -0.2) is 19.7 Å². The van der Waals surface area contributed by atoms with Gasteiger partial charge in [0, 0.05) is 1.37 Å². The molecule has 0 bridgehead atoms. The summed E-state index contributed by atoms with van der Waals surface area (Å²) in [5.41, 5.74) is 12.9. The van der Waals surface area contributed by atoms with Gasteiger partial charge in [0.15, 0.2) is 23.8 Å². The number of methoxy groups -OCH3 is 1. The van der Waals surface area contributed by atoms with Crippen LogP contribution >= 0.6 is 0 Å². The van der Waals surface area contributed by atoms with E-state index in [-0.39, 0.29) is 23.6 Å². The number of hydrogen-bond donors (Lipinski definition) is 4. The zero-order chi connectivity index (χ0) is 26.0. The maximum Gasteiger partial charge on any atom is 0.337 e. The predicted molar refractivity (Wildman–Crippen MR) is 123 cm³/mol. The van der Waals surface area contributed by atoms with Gasteiger partial charge in [0.2, 0.25) is 5.91 Å². The van der Waals surface area contributed by atoms with Gasteiger partial charge in [-0.1, -0.05) is 12.1 Å². The number of rotatable bonds is 8. The lowest BCUT2D eigenvalue weighted by atomic mass is 10.0. The Hall–Kier alpha value is -3.81. The molecule has 6 atom stereocenters. The number of nitrogens with zero attached hydrogens (tertiary/aromatic N) is 4. The average molecular weight is 487 g/mol. The third-order valence-corrected chi connectivity index (χ3v) is 5.55. The number of aromatic nitrogens is 4. The van der Waals surface area contributed by atoms with Gasteiger partial charge >= 0.3 is 5.97 Å². The first kappa shape index (κ1) is 23.0. The van der Waals surface area contributed by atoms with E-state index >= 15 is 0 Å². The van der Waals surface area contributed by atoms with E-state index in [2.05, 4.69) is 20.3 Å². The van der Waals surface area contributed by atoms with E-state index in [1.54, 1.807) is 31.2 Å². The molecule has 186 valence electrons. The molecule has 6 N–H and O–H groups in total. The van der Waals surface area contributed by atoms with Crippen molar-refractivity contribution in [1.82, 2.24) is 24.8 Å². The number of hydrogen-bond acceptors (Lipinski definition) is 11. The molecular weight excluding hydrogens is 458 g/mol. The molecule has 13 nitrogen and oxygen atoms in total. The Labute approximate surface area is 201 Å². The van der Waals surface area contributed by atoms with Crippen LogP contribution in [0.3, 0.4) is 0 Å². The van der Waals surface area contributed by atoms with Gasteiger partial charge in [-0.15, -0.1) is 0 Å². The third kappa shape index (κ3) is 4.87. The number of imidazole rings is 1. The van der Waals surface area contributed by atoms with Crippen molar-refractivity contribution in [2.75, 3.05) is 19.5 Å². The Kier molecular flexibility index (Phi) is 6.70. The van der Waals surface area contributed by atoms with Gasteiger partial charge in [0.25, 0.3) is 0 Å². The summed E-state index contributed by atoms with van der Waals surface area (Å²) in [7, 11) is 1.52. The van der Waals surface area contributed by atoms with Crippen molar-refractivity contribution in [3.8, 4) is 5.75 Å². The molecule has 35 heavy (non-hydrogen) atoms. The van der Waals surface area contributed by atoms with Gasteiger partial charge in [0.1, 0.15) is 23.7 Å². The van der Waals surface area contributed by atoms with Crippen molar-refractivity contribution in [1.29, 1.82) is 0 Å². The zero-order valence-corrected chi connectivity index (χ0v) is 19.1. The molecular formula is C22H27N7O6. The van der Waals surface area contributed by atoms with E-state index in [9.17, 15) is 14.7 Å². The number of carbonyl (C=O) groups excluding carboxylic acids is 2. The van der Waals surface area contributed by atoms with E-state index in [4.69, 9.17) is 27.0 Å². The van der Waals surface area contributed by atoms with Gasteiger partial charge < -0.3 is 36.1 Å². The third-order valence-electron chi connectivity index (χ3n) is 5.55. The van der Waals surface area contributed by atoms with Gasteiger partial charge in [0.05, 0.1) is 32.1 Å². The van der Waals surface area contributed by atoms with Gasteiger partial charge in [-0.05, 0) is 31.0 Å². The normalized spacial score (nSPS) is 23.9. The monoisotopic (exact) mass is 486 g/mol. The van der Waals surface area contributed by atoms with Crippen molar-refractivity contribution < 1.29 is 30.3 Å². The van der Waals surface area contributed by atoms with Crippen LogP contribution in [0, 0.1) is 0 Å². The summed E-state index contributed by atoms with van der Waals surface area (Å²) >= 11 is 0. The molecule has 2 aromatic heterocycles. The molecule has 1 amide bonds. The lowest BCUT2D eigenvalue weighted by Crippen LogP contribution is -2.54. The van der Waals surface area contributed by atoms with Crippen LogP contribution < -0.4 is 21.5 Å². The van der Waals surface area contributed by atoms with E-state index < -0.39 is 48.8 Å². The second kappa shape index (κ2) is 10.2. The van der Waals surface area contributed by atoms with Crippen molar-refractivity contribution in [2.24, 2.45) is 5.73 Å². The Morgan fingerprint density at radius 3 is 2.74 bits per heavy atom. The number of aliphatic hydroxyl groups is 1. The number of ether oxygens (including phenoxy) is 3. The van der Waals surface area contributed by atoms with Crippen LogP contribution in [0.5, 0.6) is 5.75 Å². The summed E-state index contributed by atoms with van der Waals surface area (Å²) in [5, 5.41) is 13.7. The van der Waals surface area contributed by atoms with Crippen LogP contribution in [0.15, 0.2) is 36.9 Å². The van der Waals surface area contributed by atoms with Crippen LogP contribution in [0.1, 0.15) is 20.1 Å². The fraction of sp³-hybridized carbons (Fsp3) is 0.409. The number of nitrogens with two attached hydrogens (primary N) is 2. The smallest absolute Gasteiger partial charge is 0.337 e. The number of anilines is 1. The van der Waals surface area contributed by atoms with Gasteiger partial charge in [-0.3, -0.25) is 9.36 Å². The highest BCUT2D eigenvalue weighted by Gasteiger charge is 2.50. The van der Waals surface area contributed by atoms with Crippen LogP contribution in [0.4, 0.5) is 5.82 Å². The van der Waals surface area contributed by atoms with Crippen LogP contribution in [0.2, 0.25) is 0 Å². The second-order valence-corrected chi connectivity index (χ2v) is 7.77. The minimum Gasteiger partial charge on any atom is -0.497 e. The number of benzene rings is 1. The number of amides is 1. The summed E-state index contributed by atoms with van der Waals surface area (Å²) in [4.78, 5) is 37.8. The maximum absolute atomic E-state index is 13.0. The van der Waals surface area contributed by atoms with Crippen molar-refractivity contribution in [2.45, 2.75) is 43.8 Å². The first-order chi connectivity index (χ1) is 17.3. The topological polar surface area (TPSA) is 190 Å². The minimum atomic E-state index is -1.42. The first-order valence-electron chi connectivity index (χ1n) is 11.4. The van der Waals surface area contributed by atoms with E-state index in [0.29, 0.717) is 11.3 Å². The predicted octanol–water partition coefficient (Wildman–Crippen LogP) is -0.707. The summed E-state index contributed by atoms with van der Waals surface area (Å²) in [6.45, 7) is 1.68. The molecule has 2 unspecified atom stereocenters. The number of esters is 1. The lowest BCUT2D eigenvalue weighted by Gasteiger charge is -2.23. The Bertz CT molecular complexity index is 1240. The Morgan fingerprint density at radius 1 is 1.31 bits per heavy atom. The SMILES string of the molecule is [2H]C(c1ccc(OC)cc1)[C@H](N)C(=O)N[C@@H]1[C@@H](C(=O)OCC)OC(n2cnc3c(N)ncnc32)[C@@H]1O. The molecule has 13 heteroatoms. The highest BCUT2D eigenvalue weighted by atomic mass is 16.6. The molecule has 1 aliphatic rings. The summed E-state index contributed by atoms with van der Waals surface area (Å²) in [6.07, 6.45) is -2.49. The quantitative estimate of drug-likeness (QED) is 0.294. The molecule has 0 saturated carbocycles. The number of fused-ring (bicyclic) bond motifs is 1. The van der Waals surface area contributed by atoms with Crippen molar-refractivity contribution in [3.63, 3.8) is 0 Å². The average Bonchev–Trinajstić information content (AvgIpc) is 3.45. The van der Waals surface area contributed by atoms with Crippen LogP contribution in [-0.2, 0) is 25.5 Å². The highest BCUT2D eigenvalue weighted by molar-refractivity contribution is 5.84. The molecule has 1 fully saturated rings. The fourth-order valence-corrected chi connectivity index (χ4v) is 3.80. The Morgan fingerprint density at radius 2 is 2.06 bits per heavy atom. The standard InChI is InChI=1S/C22H27N7O6/c1-3-34-22(32)17-14(28-20(31)13(23)8-11-4-6-12(33-2)7-5-11)16(30)21(35-17)29-10-27-15-18(24)25-9-26-19(15)29/h4-7,9-10,13-14,16-17,21,30H,3,8,23H2,1-2H3,(H,28,31)(H2,24,25,26)/t13-,14-,16+,17-,21?/m0/s1/i8D/t8?,13-,14-,16+,17-,21?. The maximum atomic E-state index is 13.0. The molecule has 0 spiro atoms. The van der Waals surface area contributed by atoms with Crippen LogP contribution in [0.25, 0.3) is 11.2 Å². The molecule has 3 aromatic rings. The van der Waals surface area contributed by atoms with E-state index in [0.717, 1.165) is 0 Å². The van der Waals surface area contributed by atoms with Gasteiger partial charge in [-0.2, -0.15) is 0 Å². The number of carbonyl (C=O) groups is 2. The molecule has 1 saturated heterocycles. The largest absolute Gasteiger partial charge is 0.497 e. The highest BCUT2D eigenvalue weighted by Crippen LogP contribution is 2.32. The molecule has 3 heterocycles. The Balaban J connectivity index is 1.57. The lowest BCUT2D eigenvalue weighted by molar-refractivity contribution is -0.159. The number of nitrogens with one attached hydrogen (secondary N) is 1. The van der Waals surface area contributed by atoms with Crippen molar-refractivity contribution in [3.05, 3.63) is 42.5 Å². The summed E-state index contributed by atoms with van der Waals surface area (Å²) in [6, 6.07) is 4.03. The zero-order valence-electron chi connectivity index (χ0n) is 20.1. The fourth-order valence-electron chi connectivity index (χ4n) is 3.80. The van der Waals surface area contributed by atoms with Crippen LogP contribution in [-0.4, -0.2) is 74.5 Å². The number of aliphatic hydroxyl groups excluding tert-OH is 1. The first-order valence-corrected chi connectivity index (χ1v) is 10.8. The molecule has 0 aliphatic carbocycles. The van der Waals surface area contributed by atoms with E-state index in [1.165, 1.54) is 24.3 Å². The summed E-state index contributed by atoms with van der Waals surface area (Å²) in [5.74, 6) is -0.814. The minimum absolute atomic E-state index is 0.0592. The second-order valence-electron chi connectivity index (χ2n) is 7.77. The van der Waals surface area contributed by atoms with E-state index in [1.807, 2.05) is 0 Å².